The van der Waals surface area contributed by atoms with Crippen LogP contribution in [0.25, 0.3) is 0 Å². The molecule has 0 unspecified atom stereocenters. The van der Waals surface area contributed by atoms with Gasteiger partial charge in [-0.2, -0.15) is 5.10 Å². The van der Waals surface area contributed by atoms with E-state index in [4.69, 9.17) is 4.74 Å². The van der Waals surface area contributed by atoms with Crippen LogP contribution in [0.15, 0.2) is 47.6 Å². The second-order valence-corrected chi connectivity index (χ2v) is 5.85. The van der Waals surface area contributed by atoms with E-state index in [0.717, 1.165) is 24.2 Å². The number of amides is 1. The van der Waals surface area contributed by atoms with Gasteiger partial charge in [0.25, 0.3) is 0 Å². The van der Waals surface area contributed by atoms with Crippen LogP contribution in [0.3, 0.4) is 0 Å². The fraction of sp³-hybridized carbons (Fsp3) is 0.300. The molecule has 0 fully saturated rings. The van der Waals surface area contributed by atoms with E-state index < -0.39 is 0 Å². The maximum atomic E-state index is 11.8. The molecule has 0 aliphatic rings. The summed E-state index contributed by atoms with van der Waals surface area (Å²) >= 11 is 0. The molecule has 1 N–H and O–H groups in total. The molecule has 0 spiro atoms. The van der Waals surface area contributed by atoms with E-state index in [0.29, 0.717) is 6.42 Å². The van der Waals surface area contributed by atoms with Gasteiger partial charge in [0.1, 0.15) is 5.75 Å². The molecule has 0 saturated carbocycles. The van der Waals surface area contributed by atoms with Crippen LogP contribution in [0, 0.1) is 13.8 Å². The monoisotopic (exact) mass is 324 g/mol. The molecule has 2 aromatic carbocycles. The number of rotatable bonds is 7. The Morgan fingerprint density at radius 3 is 2.58 bits per heavy atom. The molecule has 126 valence electrons. The van der Waals surface area contributed by atoms with E-state index in [-0.39, 0.29) is 5.91 Å². The molecule has 0 aliphatic carbocycles. The third-order valence-electron chi connectivity index (χ3n) is 3.88. The molecular formula is C20H24N2O2. The maximum absolute atomic E-state index is 11.8. The van der Waals surface area contributed by atoms with Crippen molar-refractivity contribution in [1.29, 1.82) is 0 Å². The number of hydrogen-bond donors (Lipinski definition) is 1. The number of aryl methyl sites for hydroxylation is 3. The van der Waals surface area contributed by atoms with E-state index in [1.165, 1.54) is 16.7 Å². The molecular weight excluding hydrogens is 300 g/mol. The third kappa shape index (κ3) is 5.54. The topological polar surface area (TPSA) is 50.7 Å². The number of benzene rings is 2. The Bertz CT molecular complexity index is 706. The minimum Gasteiger partial charge on any atom is -0.497 e. The molecule has 0 bridgehead atoms. The number of carbonyl (C=O) groups excluding carboxylic acids is 1. The van der Waals surface area contributed by atoms with Crippen molar-refractivity contribution < 1.29 is 9.53 Å². The lowest BCUT2D eigenvalue weighted by Gasteiger charge is -2.07. The quantitative estimate of drug-likeness (QED) is 0.622. The highest BCUT2D eigenvalue weighted by molar-refractivity contribution is 5.82. The zero-order valence-electron chi connectivity index (χ0n) is 14.5. The zero-order valence-corrected chi connectivity index (χ0v) is 14.5. The molecule has 0 atom stereocenters. The summed E-state index contributed by atoms with van der Waals surface area (Å²) in [6, 6.07) is 14.0. The summed E-state index contributed by atoms with van der Waals surface area (Å²) in [5.41, 5.74) is 7.17. The van der Waals surface area contributed by atoms with Gasteiger partial charge in [0.15, 0.2) is 0 Å². The SMILES string of the molecule is COc1ccc(CCCC(=O)N/N=C\c2ccc(C)cc2)c(C)c1. The highest BCUT2D eigenvalue weighted by Gasteiger charge is 2.03. The molecule has 0 aliphatic heterocycles. The van der Waals surface area contributed by atoms with Gasteiger partial charge in [-0.05, 0) is 55.5 Å². The molecule has 0 aromatic heterocycles. The molecule has 4 heteroatoms. The number of nitrogens with one attached hydrogen (secondary N) is 1. The summed E-state index contributed by atoms with van der Waals surface area (Å²) in [6.07, 6.45) is 3.77. The van der Waals surface area contributed by atoms with Crippen LogP contribution in [0.4, 0.5) is 0 Å². The molecule has 24 heavy (non-hydrogen) atoms. The summed E-state index contributed by atoms with van der Waals surface area (Å²) in [5, 5.41) is 4.00. The van der Waals surface area contributed by atoms with Gasteiger partial charge in [0.2, 0.25) is 5.91 Å². The van der Waals surface area contributed by atoms with Gasteiger partial charge in [-0.25, -0.2) is 5.43 Å². The second kappa shape index (κ2) is 8.87. The van der Waals surface area contributed by atoms with Gasteiger partial charge in [0.05, 0.1) is 13.3 Å². The summed E-state index contributed by atoms with van der Waals surface area (Å²) in [5.74, 6) is 0.795. The van der Waals surface area contributed by atoms with Crippen LogP contribution in [0.1, 0.15) is 35.1 Å². The van der Waals surface area contributed by atoms with Gasteiger partial charge in [-0.1, -0.05) is 35.9 Å². The molecule has 0 heterocycles. The Morgan fingerprint density at radius 1 is 1.17 bits per heavy atom. The number of nitrogens with zero attached hydrogens (tertiary/aromatic N) is 1. The molecule has 2 aromatic rings. The Morgan fingerprint density at radius 2 is 1.92 bits per heavy atom. The van der Waals surface area contributed by atoms with Gasteiger partial charge in [-0.15, -0.1) is 0 Å². The molecule has 0 saturated heterocycles. The minimum atomic E-state index is -0.0653. The van der Waals surface area contributed by atoms with Crippen molar-refractivity contribution in [2.75, 3.05) is 7.11 Å². The van der Waals surface area contributed by atoms with E-state index in [1.54, 1.807) is 13.3 Å². The van der Waals surface area contributed by atoms with Crippen molar-refractivity contribution in [3.63, 3.8) is 0 Å². The summed E-state index contributed by atoms with van der Waals surface area (Å²) in [7, 11) is 1.66. The highest BCUT2D eigenvalue weighted by atomic mass is 16.5. The normalized spacial score (nSPS) is 10.8. The lowest BCUT2D eigenvalue weighted by atomic mass is 10.0. The van der Waals surface area contributed by atoms with Gasteiger partial charge < -0.3 is 4.74 Å². The van der Waals surface area contributed by atoms with Gasteiger partial charge in [-0.3, -0.25) is 4.79 Å². The van der Waals surface area contributed by atoms with E-state index in [2.05, 4.69) is 23.5 Å². The molecule has 2 rings (SSSR count). The van der Waals surface area contributed by atoms with E-state index >= 15 is 0 Å². The van der Waals surface area contributed by atoms with Crippen LogP contribution in [0.5, 0.6) is 5.75 Å². The first-order chi connectivity index (χ1) is 11.6. The van der Waals surface area contributed by atoms with Crippen molar-refractivity contribution >= 4 is 12.1 Å². The van der Waals surface area contributed by atoms with Crippen LogP contribution < -0.4 is 10.2 Å². The van der Waals surface area contributed by atoms with Crippen LogP contribution in [-0.2, 0) is 11.2 Å². The Kier molecular flexibility index (Phi) is 6.55. The lowest BCUT2D eigenvalue weighted by molar-refractivity contribution is -0.121. The number of carbonyl (C=O) groups is 1. The fourth-order valence-electron chi connectivity index (χ4n) is 2.40. The predicted octanol–water partition coefficient (Wildman–Crippen LogP) is 3.79. The van der Waals surface area contributed by atoms with Crippen molar-refractivity contribution in [2.45, 2.75) is 33.1 Å². The number of hydrogen-bond acceptors (Lipinski definition) is 3. The summed E-state index contributed by atoms with van der Waals surface area (Å²) in [6.45, 7) is 4.09. The average molecular weight is 324 g/mol. The highest BCUT2D eigenvalue weighted by Crippen LogP contribution is 2.18. The summed E-state index contributed by atoms with van der Waals surface area (Å²) in [4.78, 5) is 11.8. The third-order valence-corrected chi connectivity index (χ3v) is 3.88. The van der Waals surface area contributed by atoms with Crippen molar-refractivity contribution in [3.05, 3.63) is 64.7 Å². The first-order valence-corrected chi connectivity index (χ1v) is 8.10. The Labute approximate surface area is 143 Å². The smallest absolute Gasteiger partial charge is 0.240 e. The summed E-state index contributed by atoms with van der Waals surface area (Å²) < 4.78 is 5.20. The average Bonchev–Trinajstić information content (AvgIpc) is 2.58. The molecule has 0 radical (unpaired) electrons. The first kappa shape index (κ1) is 17.7. The zero-order chi connectivity index (χ0) is 17.4. The Hall–Kier alpha value is -2.62. The standard InChI is InChI=1S/C20H24N2O2/c1-15-7-9-17(10-8-15)14-21-22-20(23)6-4-5-18-11-12-19(24-3)13-16(18)2/h7-14H,4-6H2,1-3H3,(H,22,23)/b21-14-. The van der Waals surface area contributed by atoms with E-state index in [1.807, 2.05) is 43.3 Å². The van der Waals surface area contributed by atoms with Crippen LogP contribution in [0.2, 0.25) is 0 Å². The molecule has 4 nitrogen and oxygen atoms in total. The van der Waals surface area contributed by atoms with Crippen LogP contribution in [-0.4, -0.2) is 19.2 Å². The fourth-order valence-corrected chi connectivity index (χ4v) is 2.40. The van der Waals surface area contributed by atoms with Crippen molar-refractivity contribution in [3.8, 4) is 5.75 Å². The first-order valence-electron chi connectivity index (χ1n) is 8.10. The number of methoxy groups -OCH3 is 1. The number of ether oxygens (including phenoxy) is 1. The van der Waals surface area contributed by atoms with Gasteiger partial charge in [0, 0.05) is 6.42 Å². The largest absolute Gasteiger partial charge is 0.497 e. The minimum absolute atomic E-state index is 0.0653. The Balaban J connectivity index is 1.74. The van der Waals surface area contributed by atoms with Crippen molar-refractivity contribution in [1.82, 2.24) is 5.43 Å². The van der Waals surface area contributed by atoms with Crippen molar-refractivity contribution in [2.24, 2.45) is 5.10 Å². The second-order valence-electron chi connectivity index (χ2n) is 5.85. The van der Waals surface area contributed by atoms with Crippen LogP contribution >= 0.6 is 0 Å². The lowest BCUT2D eigenvalue weighted by Crippen LogP contribution is -2.17. The molecule has 1 amide bonds. The maximum Gasteiger partial charge on any atom is 0.240 e. The number of hydrazone groups is 1. The predicted molar refractivity (Wildman–Crippen MR) is 97.6 cm³/mol. The van der Waals surface area contributed by atoms with E-state index in [9.17, 15) is 4.79 Å². The van der Waals surface area contributed by atoms with Gasteiger partial charge >= 0.3 is 0 Å².